The second kappa shape index (κ2) is 12.9. The summed E-state index contributed by atoms with van der Waals surface area (Å²) >= 11 is 18.7. The van der Waals surface area contributed by atoms with Gasteiger partial charge in [0.25, 0.3) is 5.91 Å². The lowest BCUT2D eigenvalue weighted by Crippen LogP contribution is -2.34. The van der Waals surface area contributed by atoms with Crippen LogP contribution in [-0.4, -0.2) is 55.4 Å². The van der Waals surface area contributed by atoms with Crippen LogP contribution in [0.4, 0.5) is 5.82 Å². The van der Waals surface area contributed by atoms with Gasteiger partial charge in [0.1, 0.15) is 12.4 Å². The van der Waals surface area contributed by atoms with E-state index < -0.39 is 5.91 Å². The number of halogens is 3. The maximum absolute atomic E-state index is 13.2. The van der Waals surface area contributed by atoms with Crippen LogP contribution < -0.4 is 15.9 Å². The molecule has 1 fully saturated rings. The lowest BCUT2D eigenvalue weighted by molar-refractivity contribution is 0.0946. The van der Waals surface area contributed by atoms with Crippen molar-refractivity contribution >= 4 is 52.7 Å². The number of nitrogens with two attached hydrogens (primary N) is 1. The first-order chi connectivity index (χ1) is 19.8. The number of carbonyl (C=O) groups is 1. The first-order valence-corrected chi connectivity index (χ1v) is 13.9. The Morgan fingerprint density at radius 3 is 2.66 bits per heavy atom. The molecule has 0 saturated carbocycles. The highest BCUT2D eigenvalue weighted by Crippen LogP contribution is 2.28. The van der Waals surface area contributed by atoms with Gasteiger partial charge >= 0.3 is 0 Å². The summed E-state index contributed by atoms with van der Waals surface area (Å²) in [5.41, 5.74) is 10.1. The highest BCUT2D eigenvalue weighted by atomic mass is 35.5. The number of rotatable bonds is 9. The molecule has 0 radical (unpaired) electrons. The Labute approximate surface area is 250 Å². The smallest absolute Gasteiger partial charge is 0.293 e. The van der Waals surface area contributed by atoms with Crippen molar-refractivity contribution in [1.82, 2.24) is 35.6 Å². The van der Waals surface area contributed by atoms with Crippen LogP contribution in [0.1, 0.15) is 47.1 Å². The number of likely N-dealkylation sites (tertiary alicyclic amines) is 1. The van der Waals surface area contributed by atoms with E-state index in [1.54, 1.807) is 36.4 Å². The first kappa shape index (κ1) is 28.8. The minimum Gasteiger partial charge on any atom is -0.488 e. The highest BCUT2D eigenvalue weighted by molar-refractivity contribution is 6.36. The number of nitrogens with zero attached hydrogens (tertiary/aromatic N) is 7. The number of hydrogen-bond donors (Lipinski definition) is 2. The molecule has 0 aliphatic carbocycles. The summed E-state index contributed by atoms with van der Waals surface area (Å²) in [6, 6.07) is 10.2. The fourth-order valence-electron chi connectivity index (χ4n) is 4.34. The van der Waals surface area contributed by atoms with Gasteiger partial charge in [0.15, 0.2) is 5.69 Å². The lowest BCUT2D eigenvalue weighted by atomic mass is 9.99. The summed E-state index contributed by atoms with van der Waals surface area (Å²) in [5.74, 6) is 0.710. The molecule has 1 saturated heterocycles. The molecule has 12 nitrogen and oxygen atoms in total. The molecule has 214 valence electrons. The standard InChI is InChI=1S/C26H26Cl3N9O3/c1-15-7-9-37(10-8-15)13-21-23(32-36-38(21)25-24(30)34-41-35-25)26(39)33-31-12-16-11-17(27)5-6-22(16)40-14-18-19(28)3-2-4-20(18)29/h2-6,11-12,15H,7-10,13-14H2,1H3,(H2,30,34)(H,33,39)/b31-12+. The van der Waals surface area contributed by atoms with Crippen molar-refractivity contribution in [3.05, 3.63) is 74.0 Å². The molecule has 5 rings (SSSR count). The van der Waals surface area contributed by atoms with Crippen LogP contribution >= 0.6 is 34.8 Å². The monoisotopic (exact) mass is 617 g/mol. The summed E-state index contributed by atoms with van der Waals surface area (Å²) in [7, 11) is 0. The largest absolute Gasteiger partial charge is 0.488 e. The van der Waals surface area contributed by atoms with Gasteiger partial charge in [-0.25, -0.2) is 10.1 Å². The molecule has 0 spiro atoms. The maximum Gasteiger partial charge on any atom is 0.293 e. The number of hydrazone groups is 1. The Bertz CT molecular complexity index is 1540. The van der Waals surface area contributed by atoms with E-state index in [0.29, 0.717) is 50.1 Å². The van der Waals surface area contributed by atoms with Gasteiger partial charge in [-0.2, -0.15) is 9.78 Å². The van der Waals surface area contributed by atoms with Crippen LogP contribution in [-0.2, 0) is 13.2 Å². The molecule has 2 aromatic heterocycles. The third kappa shape index (κ3) is 6.79. The molecule has 0 bridgehead atoms. The molecular formula is C26H26Cl3N9O3. The highest BCUT2D eigenvalue weighted by Gasteiger charge is 2.27. The molecule has 4 aromatic rings. The minimum atomic E-state index is -0.574. The van der Waals surface area contributed by atoms with Crippen molar-refractivity contribution in [3.8, 4) is 11.6 Å². The Morgan fingerprint density at radius 2 is 1.95 bits per heavy atom. The molecular weight excluding hydrogens is 593 g/mol. The Morgan fingerprint density at radius 1 is 1.20 bits per heavy atom. The van der Waals surface area contributed by atoms with Crippen molar-refractivity contribution < 1.29 is 14.2 Å². The zero-order valence-corrected chi connectivity index (χ0v) is 24.2. The summed E-state index contributed by atoms with van der Waals surface area (Å²) in [6.45, 7) is 4.48. The molecule has 15 heteroatoms. The van der Waals surface area contributed by atoms with E-state index in [4.69, 9.17) is 49.9 Å². The van der Waals surface area contributed by atoms with Crippen LogP contribution in [0.15, 0.2) is 46.1 Å². The number of ether oxygens (including phenoxy) is 1. The van der Waals surface area contributed by atoms with E-state index in [1.165, 1.54) is 10.9 Å². The van der Waals surface area contributed by atoms with Crippen LogP contribution in [0.3, 0.4) is 0 Å². The number of benzene rings is 2. The zero-order chi connectivity index (χ0) is 28.9. The van der Waals surface area contributed by atoms with Gasteiger partial charge in [0.2, 0.25) is 11.6 Å². The van der Waals surface area contributed by atoms with Crippen LogP contribution in [0.5, 0.6) is 5.75 Å². The number of amides is 1. The first-order valence-electron chi connectivity index (χ1n) is 12.7. The third-order valence-corrected chi connectivity index (χ3v) is 7.64. The zero-order valence-electron chi connectivity index (χ0n) is 21.9. The number of aromatic nitrogens is 5. The fourth-order valence-corrected chi connectivity index (χ4v) is 5.03. The van der Waals surface area contributed by atoms with Gasteiger partial charge in [0.05, 0.1) is 11.9 Å². The molecule has 3 N–H and O–H groups in total. The fraction of sp³-hybridized carbons (Fsp3) is 0.308. The maximum atomic E-state index is 13.2. The third-order valence-electron chi connectivity index (χ3n) is 6.70. The van der Waals surface area contributed by atoms with E-state index in [1.807, 2.05) is 0 Å². The van der Waals surface area contributed by atoms with Crippen molar-refractivity contribution in [2.24, 2.45) is 11.0 Å². The van der Waals surface area contributed by atoms with Gasteiger partial charge in [-0.15, -0.1) is 5.10 Å². The quantitative estimate of drug-likeness (QED) is 0.200. The van der Waals surface area contributed by atoms with Crippen molar-refractivity contribution in [2.75, 3.05) is 18.8 Å². The van der Waals surface area contributed by atoms with Gasteiger partial charge in [-0.1, -0.05) is 53.0 Å². The molecule has 1 amide bonds. The molecule has 0 atom stereocenters. The number of anilines is 1. The Balaban J connectivity index is 1.34. The van der Waals surface area contributed by atoms with Gasteiger partial charge in [-0.05, 0) is 72.5 Å². The molecule has 3 heterocycles. The normalized spacial score (nSPS) is 14.5. The second-order valence-electron chi connectivity index (χ2n) is 9.60. The molecule has 0 unspecified atom stereocenters. The topological polar surface area (TPSA) is 150 Å². The van der Waals surface area contributed by atoms with E-state index in [0.717, 1.165) is 25.9 Å². The Kier molecular flexibility index (Phi) is 9.03. The molecule has 1 aliphatic heterocycles. The summed E-state index contributed by atoms with van der Waals surface area (Å²) in [6.07, 6.45) is 3.52. The predicted octanol–water partition coefficient (Wildman–Crippen LogP) is 4.77. The SMILES string of the molecule is CC1CCN(Cc2c(C(=O)N/N=C/c3cc(Cl)ccc3OCc3c(Cl)cccc3Cl)nnn2-c2nonc2N)CC1. The van der Waals surface area contributed by atoms with Crippen molar-refractivity contribution in [1.29, 1.82) is 0 Å². The van der Waals surface area contributed by atoms with Gasteiger partial charge in [0, 0.05) is 32.7 Å². The molecule has 2 aromatic carbocycles. The number of hydrogen-bond acceptors (Lipinski definition) is 10. The van der Waals surface area contributed by atoms with Crippen LogP contribution in [0.2, 0.25) is 15.1 Å². The Hall–Kier alpha value is -3.71. The lowest BCUT2D eigenvalue weighted by Gasteiger charge is -2.30. The van der Waals surface area contributed by atoms with Crippen molar-refractivity contribution in [3.63, 3.8) is 0 Å². The number of nitrogens with one attached hydrogen (secondary N) is 1. The number of piperidine rings is 1. The average molecular weight is 619 g/mol. The van der Waals surface area contributed by atoms with E-state index in [2.05, 4.69) is 43.0 Å². The van der Waals surface area contributed by atoms with Crippen LogP contribution in [0.25, 0.3) is 5.82 Å². The molecule has 41 heavy (non-hydrogen) atoms. The van der Waals surface area contributed by atoms with Crippen molar-refractivity contribution in [2.45, 2.75) is 32.9 Å². The van der Waals surface area contributed by atoms with Crippen LogP contribution in [0, 0.1) is 5.92 Å². The summed E-state index contributed by atoms with van der Waals surface area (Å²) in [4.78, 5) is 15.4. The van der Waals surface area contributed by atoms with E-state index in [9.17, 15) is 4.79 Å². The number of nitrogen functional groups attached to an aromatic ring is 1. The van der Waals surface area contributed by atoms with E-state index >= 15 is 0 Å². The summed E-state index contributed by atoms with van der Waals surface area (Å²) < 4.78 is 12.1. The van der Waals surface area contributed by atoms with Gasteiger partial charge < -0.3 is 10.5 Å². The number of carbonyl (C=O) groups excluding carboxylic acids is 1. The predicted molar refractivity (Wildman–Crippen MR) is 155 cm³/mol. The average Bonchev–Trinajstić information content (AvgIpc) is 3.56. The second-order valence-corrected chi connectivity index (χ2v) is 10.8. The van der Waals surface area contributed by atoms with E-state index in [-0.39, 0.29) is 23.9 Å². The minimum absolute atomic E-state index is 0.0277. The van der Waals surface area contributed by atoms with Gasteiger partial charge in [-0.3, -0.25) is 9.69 Å². The molecule has 1 aliphatic rings. The summed E-state index contributed by atoms with van der Waals surface area (Å²) in [5, 5.41) is 21.2.